The maximum atomic E-state index is 5.68. The fraction of sp³-hybridized carbons (Fsp3) is 0.571. The Bertz CT molecular complexity index is 346. The van der Waals surface area contributed by atoms with Crippen molar-refractivity contribution in [2.45, 2.75) is 26.2 Å². The average molecular weight is 236 g/mol. The summed E-state index contributed by atoms with van der Waals surface area (Å²) in [5, 5.41) is 0. The van der Waals surface area contributed by atoms with Crippen molar-refractivity contribution in [2.75, 3.05) is 20.2 Å². The summed E-state index contributed by atoms with van der Waals surface area (Å²) in [5.74, 6) is 1.78. The summed E-state index contributed by atoms with van der Waals surface area (Å²) in [6.45, 7) is 5.62. The Labute approximate surface area is 104 Å². The predicted molar refractivity (Wildman–Crippen MR) is 72.4 cm³/mol. The average Bonchev–Trinajstić information content (AvgIpc) is 2.35. The van der Waals surface area contributed by atoms with Gasteiger partial charge in [-0.3, -0.25) is 0 Å². The van der Waals surface area contributed by atoms with Crippen LogP contribution in [0.2, 0.25) is 0 Å². The molecule has 0 aromatic heterocycles. The maximum Gasteiger partial charge on any atom is 0.122 e. The van der Waals surface area contributed by atoms with Gasteiger partial charge in [-0.25, -0.2) is 0 Å². The van der Waals surface area contributed by atoms with Crippen LogP contribution < -0.4 is 16.2 Å². The van der Waals surface area contributed by atoms with E-state index in [0.29, 0.717) is 24.9 Å². The molecule has 0 heterocycles. The molecule has 0 aliphatic heterocycles. The lowest BCUT2D eigenvalue weighted by Gasteiger charge is -2.16. The summed E-state index contributed by atoms with van der Waals surface area (Å²) in [7, 11) is 1.71. The smallest absolute Gasteiger partial charge is 0.122 e. The van der Waals surface area contributed by atoms with E-state index in [4.69, 9.17) is 16.2 Å². The molecule has 0 radical (unpaired) electrons. The summed E-state index contributed by atoms with van der Waals surface area (Å²) in [6, 6.07) is 6.35. The predicted octanol–water partition coefficient (Wildman–Crippen LogP) is 1.89. The molecule has 3 nitrogen and oxygen atoms in total. The quantitative estimate of drug-likeness (QED) is 0.793. The zero-order valence-corrected chi connectivity index (χ0v) is 11.1. The van der Waals surface area contributed by atoms with E-state index in [9.17, 15) is 0 Å². The molecule has 0 fully saturated rings. The van der Waals surface area contributed by atoms with Crippen molar-refractivity contribution in [3.63, 3.8) is 0 Å². The van der Waals surface area contributed by atoms with Gasteiger partial charge in [-0.15, -0.1) is 0 Å². The van der Waals surface area contributed by atoms with E-state index >= 15 is 0 Å². The number of hydrogen-bond donors (Lipinski definition) is 2. The van der Waals surface area contributed by atoms with Gasteiger partial charge >= 0.3 is 0 Å². The first-order valence-electron chi connectivity index (χ1n) is 6.19. The van der Waals surface area contributed by atoms with Crippen LogP contribution in [0.5, 0.6) is 5.75 Å². The zero-order valence-electron chi connectivity index (χ0n) is 11.1. The summed E-state index contributed by atoms with van der Waals surface area (Å²) >= 11 is 0. The first-order chi connectivity index (χ1) is 8.12. The van der Waals surface area contributed by atoms with E-state index < -0.39 is 0 Å². The molecule has 0 unspecified atom stereocenters. The first-order valence-corrected chi connectivity index (χ1v) is 6.19. The van der Waals surface area contributed by atoms with Gasteiger partial charge in [0.1, 0.15) is 5.75 Å². The molecule has 0 aliphatic rings. The Morgan fingerprint density at radius 2 is 1.82 bits per heavy atom. The molecule has 1 aromatic carbocycles. The Balaban J connectivity index is 2.91. The molecular weight excluding hydrogens is 212 g/mol. The van der Waals surface area contributed by atoms with E-state index in [0.717, 1.165) is 12.2 Å². The minimum atomic E-state index is 0.364. The van der Waals surface area contributed by atoms with Crippen LogP contribution in [0.25, 0.3) is 0 Å². The molecule has 4 N–H and O–H groups in total. The molecule has 1 rings (SSSR count). The molecule has 0 saturated carbocycles. The molecule has 0 bridgehead atoms. The van der Waals surface area contributed by atoms with Gasteiger partial charge in [-0.1, -0.05) is 26.0 Å². The van der Waals surface area contributed by atoms with Gasteiger partial charge in [-0.2, -0.15) is 0 Å². The number of rotatable bonds is 6. The Morgan fingerprint density at radius 1 is 1.18 bits per heavy atom. The second-order valence-corrected chi connectivity index (χ2v) is 4.77. The number of hydrogen-bond acceptors (Lipinski definition) is 3. The van der Waals surface area contributed by atoms with Gasteiger partial charge in [0.15, 0.2) is 0 Å². The second-order valence-electron chi connectivity index (χ2n) is 4.77. The molecule has 0 atom stereocenters. The van der Waals surface area contributed by atoms with Crippen molar-refractivity contribution in [2.24, 2.45) is 17.4 Å². The molecule has 0 spiro atoms. The van der Waals surface area contributed by atoms with Crippen molar-refractivity contribution in [3.8, 4) is 5.75 Å². The van der Waals surface area contributed by atoms with Gasteiger partial charge in [0.25, 0.3) is 0 Å². The number of methoxy groups -OCH3 is 1. The van der Waals surface area contributed by atoms with Crippen LogP contribution in [0, 0.1) is 5.92 Å². The molecule has 1 aromatic rings. The Morgan fingerprint density at radius 3 is 2.29 bits per heavy atom. The number of nitrogens with two attached hydrogens (primary N) is 2. The van der Waals surface area contributed by atoms with Crippen LogP contribution in [0.1, 0.15) is 30.9 Å². The minimum absolute atomic E-state index is 0.364. The topological polar surface area (TPSA) is 61.3 Å². The van der Waals surface area contributed by atoms with Crippen LogP contribution in [0.4, 0.5) is 0 Å². The lowest BCUT2D eigenvalue weighted by Crippen LogP contribution is -2.25. The Hall–Kier alpha value is -1.06. The highest BCUT2D eigenvalue weighted by atomic mass is 16.5. The normalized spacial score (nSPS) is 11.2. The van der Waals surface area contributed by atoms with Gasteiger partial charge in [0.05, 0.1) is 7.11 Å². The lowest BCUT2D eigenvalue weighted by molar-refractivity contribution is 0.407. The van der Waals surface area contributed by atoms with E-state index in [2.05, 4.69) is 26.0 Å². The van der Waals surface area contributed by atoms with Gasteiger partial charge in [-0.05, 0) is 48.5 Å². The van der Waals surface area contributed by atoms with Crippen LogP contribution in [0.15, 0.2) is 18.2 Å². The molecule has 0 aliphatic carbocycles. The van der Waals surface area contributed by atoms with Crippen molar-refractivity contribution >= 4 is 0 Å². The SMILES string of the molecule is COc1ccc(CC(CN)CN)cc1C(C)C. The molecular formula is C14H24N2O. The fourth-order valence-electron chi connectivity index (χ4n) is 1.96. The van der Waals surface area contributed by atoms with Gasteiger partial charge in [0, 0.05) is 0 Å². The second kappa shape index (κ2) is 6.62. The van der Waals surface area contributed by atoms with Crippen molar-refractivity contribution in [3.05, 3.63) is 29.3 Å². The molecule has 17 heavy (non-hydrogen) atoms. The van der Waals surface area contributed by atoms with Gasteiger partial charge < -0.3 is 16.2 Å². The summed E-state index contributed by atoms with van der Waals surface area (Å²) in [5.41, 5.74) is 13.9. The summed E-state index contributed by atoms with van der Waals surface area (Å²) < 4.78 is 5.37. The van der Waals surface area contributed by atoms with Crippen LogP contribution >= 0.6 is 0 Å². The molecule has 0 amide bonds. The third-order valence-corrected chi connectivity index (χ3v) is 3.11. The van der Waals surface area contributed by atoms with Crippen LogP contribution in [-0.4, -0.2) is 20.2 Å². The monoisotopic (exact) mass is 236 g/mol. The van der Waals surface area contributed by atoms with E-state index in [1.54, 1.807) is 7.11 Å². The molecule has 0 saturated heterocycles. The summed E-state index contributed by atoms with van der Waals surface area (Å²) in [4.78, 5) is 0. The van der Waals surface area contributed by atoms with E-state index in [1.807, 2.05) is 6.07 Å². The lowest BCUT2D eigenvalue weighted by atomic mass is 9.94. The van der Waals surface area contributed by atoms with Crippen molar-refractivity contribution in [1.29, 1.82) is 0 Å². The maximum absolute atomic E-state index is 5.68. The third-order valence-electron chi connectivity index (χ3n) is 3.11. The first kappa shape index (κ1) is 14.0. The van der Waals surface area contributed by atoms with E-state index in [1.165, 1.54) is 11.1 Å². The van der Waals surface area contributed by atoms with Crippen LogP contribution in [-0.2, 0) is 6.42 Å². The molecule has 3 heteroatoms. The number of benzene rings is 1. The third kappa shape index (κ3) is 3.72. The molecule has 96 valence electrons. The van der Waals surface area contributed by atoms with Crippen molar-refractivity contribution < 1.29 is 4.74 Å². The standard InChI is InChI=1S/C14H24N2O/c1-10(2)13-7-11(4-5-14(13)17-3)6-12(8-15)9-16/h4-5,7,10,12H,6,8-9,15-16H2,1-3H3. The number of ether oxygens (including phenoxy) is 1. The largest absolute Gasteiger partial charge is 0.496 e. The minimum Gasteiger partial charge on any atom is -0.496 e. The zero-order chi connectivity index (χ0) is 12.8. The Kier molecular flexibility index (Phi) is 5.45. The fourth-order valence-corrected chi connectivity index (χ4v) is 1.96. The highest BCUT2D eigenvalue weighted by molar-refractivity contribution is 5.39. The highest BCUT2D eigenvalue weighted by Crippen LogP contribution is 2.27. The summed E-state index contributed by atoms with van der Waals surface area (Å²) in [6.07, 6.45) is 0.941. The van der Waals surface area contributed by atoms with Crippen molar-refractivity contribution in [1.82, 2.24) is 0 Å². The van der Waals surface area contributed by atoms with Crippen LogP contribution in [0.3, 0.4) is 0 Å². The van der Waals surface area contributed by atoms with Gasteiger partial charge in [0.2, 0.25) is 0 Å². The highest BCUT2D eigenvalue weighted by Gasteiger charge is 2.11. The van der Waals surface area contributed by atoms with E-state index in [-0.39, 0.29) is 0 Å².